The van der Waals surface area contributed by atoms with E-state index < -0.39 is 10.2 Å². The van der Waals surface area contributed by atoms with Gasteiger partial charge >= 0.3 is 16.2 Å². The van der Waals surface area contributed by atoms with E-state index in [9.17, 15) is 13.2 Å². The lowest BCUT2D eigenvalue weighted by Gasteiger charge is -2.35. The maximum absolute atomic E-state index is 13.6. The zero-order valence-corrected chi connectivity index (χ0v) is 24.4. The van der Waals surface area contributed by atoms with Crippen LogP contribution in [0.2, 0.25) is 0 Å². The number of ether oxygens (including phenoxy) is 1. The minimum absolute atomic E-state index is 0.155. The average Bonchev–Trinajstić information content (AvgIpc) is 3.51. The standard InChI is InChI=1S/C27H40N7O4S/c1-27(2,3)25-28-23-18-22(6-7-24(23)34(25)19-21-8-16-38-17-9-21)30(5)39(36,37)33-14-12-31(13-15-33)26(35)32-11-10-29(4)20-32/h6-7,10-11,18,20-21H,8-9,12-17,19H2,1-5H3/q+1. The number of benzene rings is 1. The molecular weight excluding hydrogens is 518 g/mol. The Labute approximate surface area is 230 Å². The predicted octanol–water partition coefficient (Wildman–Crippen LogP) is 2.35. The molecule has 0 radical (unpaired) electrons. The molecule has 0 atom stereocenters. The summed E-state index contributed by atoms with van der Waals surface area (Å²) in [6.45, 7) is 10.1. The van der Waals surface area contributed by atoms with E-state index in [4.69, 9.17) is 9.72 Å². The molecule has 12 heteroatoms. The molecule has 0 spiro atoms. The van der Waals surface area contributed by atoms with Gasteiger partial charge in [0.15, 0.2) is 0 Å². The first kappa shape index (κ1) is 27.6. The molecule has 5 rings (SSSR count). The summed E-state index contributed by atoms with van der Waals surface area (Å²) in [5, 5.41) is 0. The van der Waals surface area contributed by atoms with Crippen LogP contribution in [-0.4, -0.2) is 84.2 Å². The SMILES string of the molecule is CN(c1ccc2c(c1)nc(C(C)(C)C)n2CC1CCOCC1)S(=O)(=O)N1CCN(C(=O)n2cc[n+](C)c2)CC1. The lowest BCUT2D eigenvalue weighted by atomic mass is 9.94. The minimum atomic E-state index is -3.78. The molecule has 212 valence electrons. The van der Waals surface area contributed by atoms with Crippen molar-refractivity contribution in [1.82, 2.24) is 23.3 Å². The number of nitrogens with zero attached hydrogens (tertiary/aromatic N) is 7. The van der Waals surface area contributed by atoms with Gasteiger partial charge < -0.3 is 14.2 Å². The van der Waals surface area contributed by atoms with Gasteiger partial charge in [-0.2, -0.15) is 17.3 Å². The van der Waals surface area contributed by atoms with Gasteiger partial charge in [0.05, 0.1) is 23.8 Å². The molecule has 11 nitrogen and oxygen atoms in total. The van der Waals surface area contributed by atoms with E-state index in [1.807, 2.05) is 25.2 Å². The van der Waals surface area contributed by atoms with Crippen LogP contribution in [0.15, 0.2) is 36.9 Å². The largest absolute Gasteiger partial charge is 0.415 e. The molecule has 0 N–H and O–H groups in total. The highest BCUT2D eigenvalue weighted by Gasteiger charge is 2.34. The zero-order chi connectivity index (χ0) is 27.9. The van der Waals surface area contributed by atoms with Crippen molar-refractivity contribution in [2.45, 2.75) is 45.6 Å². The number of carbonyl (C=O) groups is 1. The van der Waals surface area contributed by atoms with E-state index in [-0.39, 0.29) is 24.5 Å². The van der Waals surface area contributed by atoms with Crippen LogP contribution in [0, 0.1) is 5.92 Å². The Kier molecular flexibility index (Phi) is 7.47. The van der Waals surface area contributed by atoms with Crippen molar-refractivity contribution < 1.29 is 22.5 Å². The molecular formula is C27H40N7O4S+. The summed E-state index contributed by atoms with van der Waals surface area (Å²) >= 11 is 0. The Bertz CT molecular complexity index is 1440. The molecule has 3 aromatic rings. The van der Waals surface area contributed by atoms with Crippen LogP contribution in [0.3, 0.4) is 0 Å². The van der Waals surface area contributed by atoms with Crippen LogP contribution < -0.4 is 8.87 Å². The molecule has 39 heavy (non-hydrogen) atoms. The zero-order valence-electron chi connectivity index (χ0n) is 23.6. The normalized spacial score (nSPS) is 18.1. The van der Waals surface area contributed by atoms with Crippen molar-refractivity contribution in [2.75, 3.05) is 50.7 Å². The Morgan fingerprint density at radius 1 is 1.15 bits per heavy atom. The first-order chi connectivity index (χ1) is 18.4. The fraction of sp³-hybridized carbons (Fsp3) is 0.593. The second-order valence-electron chi connectivity index (χ2n) is 11.7. The van der Waals surface area contributed by atoms with Crippen molar-refractivity contribution in [1.29, 1.82) is 0 Å². The fourth-order valence-electron chi connectivity index (χ4n) is 5.40. The third kappa shape index (κ3) is 5.55. The lowest BCUT2D eigenvalue weighted by Crippen LogP contribution is -2.54. The Morgan fingerprint density at radius 2 is 1.85 bits per heavy atom. The first-order valence-corrected chi connectivity index (χ1v) is 15.0. The molecule has 0 unspecified atom stereocenters. The summed E-state index contributed by atoms with van der Waals surface area (Å²) in [5.74, 6) is 1.54. The van der Waals surface area contributed by atoms with Crippen molar-refractivity contribution in [3.05, 3.63) is 42.7 Å². The maximum atomic E-state index is 13.6. The van der Waals surface area contributed by atoms with Gasteiger partial charge in [0.2, 0.25) is 0 Å². The number of carbonyl (C=O) groups excluding carboxylic acids is 1. The number of hydrogen-bond acceptors (Lipinski definition) is 5. The first-order valence-electron chi connectivity index (χ1n) is 13.6. The molecule has 2 fully saturated rings. The van der Waals surface area contributed by atoms with E-state index in [1.54, 1.807) is 35.2 Å². The average molecular weight is 559 g/mol. The number of rotatable bonds is 5. The Morgan fingerprint density at radius 3 is 2.46 bits per heavy atom. The quantitative estimate of drug-likeness (QED) is 0.448. The van der Waals surface area contributed by atoms with E-state index >= 15 is 0 Å². The molecule has 0 saturated carbocycles. The Hall–Kier alpha value is -2.96. The monoisotopic (exact) mass is 558 g/mol. The summed E-state index contributed by atoms with van der Waals surface area (Å²) in [6.07, 6.45) is 7.26. The Balaban J connectivity index is 1.34. The van der Waals surface area contributed by atoms with Crippen LogP contribution >= 0.6 is 0 Å². The van der Waals surface area contributed by atoms with Crippen LogP contribution in [0.5, 0.6) is 0 Å². The van der Waals surface area contributed by atoms with Crippen molar-refractivity contribution >= 4 is 33.0 Å². The van der Waals surface area contributed by atoms with Gasteiger partial charge in [-0.1, -0.05) is 20.8 Å². The molecule has 2 aromatic heterocycles. The van der Waals surface area contributed by atoms with E-state index in [1.165, 1.54) is 13.2 Å². The van der Waals surface area contributed by atoms with Crippen molar-refractivity contribution in [2.24, 2.45) is 13.0 Å². The smallest absolute Gasteiger partial charge is 0.381 e. The second-order valence-corrected chi connectivity index (χ2v) is 13.6. The number of piperazine rings is 1. The van der Waals surface area contributed by atoms with Gasteiger partial charge in [0, 0.05) is 58.4 Å². The molecule has 1 aromatic carbocycles. The van der Waals surface area contributed by atoms with Crippen LogP contribution in [-0.2, 0) is 34.0 Å². The fourth-order valence-corrected chi connectivity index (χ4v) is 6.75. The van der Waals surface area contributed by atoms with Gasteiger partial charge in [-0.15, -0.1) is 0 Å². The van der Waals surface area contributed by atoms with Gasteiger partial charge in [-0.05, 0) is 37.0 Å². The highest BCUT2D eigenvalue weighted by molar-refractivity contribution is 7.90. The molecule has 0 aliphatic carbocycles. The predicted molar refractivity (Wildman–Crippen MR) is 149 cm³/mol. The van der Waals surface area contributed by atoms with Gasteiger partial charge in [-0.3, -0.25) is 4.31 Å². The van der Waals surface area contributed by atoms with Gasteiger partial charge in [0.25, 0.3) is 6.33 Å². The van der Waals surface area contributed by atoms with E-state index in [2.05, 4.69) is 25.3 Å². The second kappa shape index (κ2) is 10.5. The summed E-state index contributed by atoms with van der Waals surface area (Å²) in [7, 11) is -0.348. The third-order valence-corrected chi connectivity index (χ3v) is 9.64. The minimum Gasteiger partial charge on any atom is -0.381 e. The number of anilines is 1. The molecule has 2 aliphatic heterocycles. The highest BCUT2D eigenvalue weighted by Crippen LogP contribution is 2.32. The summed E-state index contributed by atoms with van der Waals surface area (Å²) in [4.78, 5) is 19.4. The molecule has 0 bridgehead atoms. The summed E-state index contributed by atoms with van der Waals surface area (Å²) < 4.78 is 41.1. The van der Waals surface area contributed by atoms with Crippen molar-refractivity contribution in [3.8, 4) is 0 Å². The molecule has 2 aliphatic rings. The number of amides is 1. The van der Waals surface area contributed by atoms with Crippen LogP contribution in [0.25, 0.3) is 11.0 Å². The topological polar surface area (TPSA) is 96.8 Å². The van der Waals surface area contributed by atoms with E-state index in [0.717, 1.165) is 49.5 Å². The van der Waals surface area contributed by atoms with E-state index in [0.29, 0.717) is 24.7 Å². The number of imidazole rings is 2. The highest BCUT2D eigenvalue weighted by atomic mass is 32.2. The molecule has 2 saturated heterocycles. The number of fused-ring (bicyclic) bond motifs is 1. The van der Waals surface area contributed by atoms with Crippen LogP contribution in [0.1, 0.15) is 39.4 Å². The summed E-state index contributed by atoms with van der Waals surface area (Å²) in [6, 6.07) is 5.57. The summed E-state index contributed by atoms with van der Waals surface area (Å²) in [5.41, 5.74) is 2.22. The number of hydrogen-bond donors (Lipinski definition) is 0. The number of aromatic nitrogens is 4. The van der Waals surface area contributed by atoms with Gasteiger partial charge in [-0.25, -0.2) is 14.3 Å². The van der Waals surface area contributed by atoms with Gasteiger partial charge in [0.1, 0.15) is 18.2 Å². The molecule has 4 heterocycles. The number of aryl methyl sites for hydroxylation is 1. The lowest BCUT2D eigenvalue weighted by molar-refractivity contribution is -0.670. The van der Waals surface area contributed by atoms with Crippen molar-refractivity contribution in [3.63, 3.8) is 0 Å². The van der Waals surface area contributed by atoms with Crippen LogP contribution in [0.4, 0.5) is 10.5 Å². The third-order valence-electron chi connectivity index (χ3n) is 7.72. The maximum Gasteiger partial charge on any atom is 0.415 e. The molecule has 1 amide bonds.